The third-order valence-corrected chi connectivity index (χ3v) is 3.08. The molecule has 0 aliphatic rings. The van der Waals surface area contributed by atoms with Crippen LogP contribution in [0.2, 0.25) is 0 Å². The molecule has 0 bridgehead atoms. The molecule has 1 aromatic carbocycles. The molecule has 1 N–H and O–H groups in total. The summed E-state index contributed by atoms with van der Waals surface area (Å²) >= 11 is 0. The van der Waals surface area contributed by atoms with Gasteiger partial charge in [-0.25, -0.2) is 9.78 Å². The van der Waals surface area contributed by atoms with Crippen molar-refractivity contribution in [3.63, 3.8) is 0 Å². The molecule has 23 heavy (non-hydrogen) atoms. The van der Waals surface area contributed by atoms with Gasteiger partial charge in [-0.2, -0.15) is 0 Å². The maximum Gasteiger partial charge on any atom is 0.359 e. The van der Waals surface area contributed by atoms with Gasteiger partial charge in [0.25, 0.3) is 5.91 Å². The Kier molecular flexibility index (Phi) is 5.24. The van der Waals surface area contributed by atoms with Crippen LogP contribution in [0.25, 0.3) is 0 Å². The normalized spacial score (nSPS) is 11.4. The molecule has 1 atom stereocenters. The van der Waals surface area contributed by atoms with Crippen LogP contribution in [0.1, 0.15) is 17.4 Å². The number of nitrogens with one attached hydrogen (secondary N) is 1. The number of nitrogens with zero attached hydrogens (tertiary/aromatic N) is 3. The summed E-state index contributed by atoms with van der Waals surface area (Å²) in [6.07, 6.45) is 3.17. The highest BCUT2D eigenvalue weighted by Crippen LogP contribution is 2.16. The smallest absolute Gasteiger partial charge is 0.359 e. The Morgan fingerprint density at radius 3 is 2.43 bits per heavy atom. The Morgan fingerprint density at radius 2 is 1.87 bits per heavy atom. The lowest BCUT2D eigenvalue weighted by Gasteiger charge is -2.15. The molecule has 7 heteroatoms. The van der Waals surface area contributed by atoms with Crippen LogP contribution in [0.4, 0.5) is 11.4 Å². The van der Waals surface area contributed by atoms with Gasteiger partial charge in [0.05, 0.1) is 6.20 Å². The number of rotatable bonds is 5. The zero-order valence-electron chi connectivity index (χ0n) is 13.2. The van der Waals surface area contributed by atoms with E-state index in [1.54, 1.807) is 12.1 Å². The highest BCUT2D eigenvalue weighted by molar-refractivity contribution is 5.96. The lowest BCUT2D eigenvalue weighted by atomic mass is 10.2. The Hall–Kier alpha value is -2.96. The van der Waals surface area contributed by atoms with Crippen LogP contribution in [-0.2, 0) is 9.53 Å². The van der Waals surface area contributed by atoms with Gasteiger partial charge in [-0.15, -0.1) is 0 Å². The van der Waals surface area contributed by atoms with E-state index in [2.05, 4.69) is 15.3 Å². The van der Waals surface area contributed by atoms with E-state index in [1.807, 2.05) is 31.1 Å². The van der Waals surface area contributed by atoms with Crippen molar-refractivity contribution in [3.05, 3.63) is 48.5 Å². The third-order valence-electron chi connectivity index (χ3n) is 3.08. The minimum absolute atomic E-state index is 0.0579. The topological polar surface area (TPSA) is 84.4 Å². The molecule has 2 aromatic rings. The van der Waals surface area contributed by atoms with E-state index in [0.717, 1.165) is 5.69 Å². The highest BCUT2D eigenvalue weighted by atomic mass is 16.5. The summed E-state index contributed by atoms with van der Waals surface area (Å²) in [7, 11) is 3.86. The molecule has 0 aliphatic carbocycles. The van der Waals surface area contributed by atoms with E-state index in [0.29, 0.717) is 5.69 Å². The first kappa shape index (κ1) is 16.4. The number of anilines is 2. The average molecular weight is 314 g/mol. The fraction of sp³-hybridized carbons (Fsp3) is 0.250. The van der Waals surface area contributed by atoms with Crippen LogP contribution in [0, 0.1) is 0 Å². The second-order valence-electron chi connectivity index (χ2n) is 5.07. The van der Waals surface area contributed by atoms with Gasteiger partial charge in [0.2, 0.25) is 0 Å². The number of esters is 1. The van der Waals surface area contributed by atoms with Crippen molar-refractivity contribution in [2.24, 2.45) is 0 Å². The summed E-state index contributed by atoms with van der Waals surface area (Å²) in [6.45, 7) is 1.50. The Balaban J connectivity index is 1.93. The first-order valence-corrected chi connectivity index (χ1v) is 7.02. The number of aromatic nitrogens is 2. The average Bonchev–Trinajstić information content (AvgIpc) is 2.56. The van der Waals surface area contributed by atoms with Crippen LogP contribution in [-0.4, -0.2) is 42.0 Å². The fourth-order valence-electron chi connectivity index (χ4n) is 1.77. The van der Waals surface area contributed by atoms with E-state index >= 15 is 0 Å². The molecule has 2 rings (SSSR count). The molecule has 1 aromatic heterocycles. The first-order chi connectivity index (χ1) is 11.0. The summed E-state index contributed by atoms with van der Waals surface area (Å²) in [6, 6.07) is 7.33. The summed E-state index contributed by atoms with van der Waals surface area (Å²) in [4.78, 5) is 33.4. The van der Waals surface area contributed by atoms with Gasteiger partial charge in [0.15, 0.2) is 11.8 Å². The monoisotopic (exact) mass is 314 g/mol. The summed E-state index contributed by atoms with van der Waals surface area (Å²) < 4.78 is 5.07. The van der Waals surface area contributed by atoms with Crippen molar-refractivity contribution in [2.75, 3.05) is 24.3 Å². The second kappa shape index (κ2) is 7.35. The van der Waals surface area contributed by atoms with E-state index in [9.17, 15) is 9.59 Å². The third kappa shape index (κ3) is 4.50. The standard InChI is InChI=1S/C16H18N4O3/c1-11(23-16(22)14-10-17-8-9-18-14)15(21)19-12-4-6-13(7-5-12)20(2)3/h4-11H,1-3H3,(H,19,21)/t11-/m0/s1. The van der Waals surface area contributed by atoms with Gasteiger partial charge in [-0.3, -0.25) is 9.78 Å². The predicted molar refractivity (Wildman–Crippen MR) is 86.3 cm³/mol. The van der Waals surface area contributed by atoms with Crippen LogP contribution in [0.5, 0.6) is 0 Å². The zero-order chi connectivity index (χ0) is 16.8. The fourth-order valence-corrected chi connectivity index (χ4v) is 1.77. The molecule has 0 aliphatic heterocycles. The van der Waals surface area contributed by atoms with Crippen LogP contribution in [0.15, 0.2) is 42.9 Å². The largest absolute Gasteiger partial charge is 0.448 e. The van der Waals surface area contributed by atoms with E-state index < -0.39 is 18.0 Å². The molecule has 0 radical (unpaired) electrons. The Morgan fingerprint density at radius 1 is 1.17 bits per heavy atom. The van der Waals surface area contributed by atoms with Crippen LogP contribution in [0.3, 0.4) is 0 Å². The molecule has 1 heterocycles. The number of benzene rings is 1. The van der Waals surface area contributed by atoms with Gasteiger partial charge in [0, 0.05) is 37.9 Å². The maximum atomic E-state index is 12.1. The Labute approximate surface area is 134 Å². The quantitative estimate of drug-likeness (QED) is 0.846. The van der Waals surface area contributed by atoms with Gasteiger partial charge in [0.1, 0.15) is 0 Å². The molecule has 0 fully saturated rings. The van der Waals surface area contributed by atoms with Crippen LogP contribution >= 0.6 is 0 Å². The molecule has 0 spiro atoms. The summed E-state index contributed by atoms with van der Waals surface area (Å²) in [5.74, 6) is -1.11. The van der Waals surface area contributed by atoms with E-state index in [-0.39, 0.29) is 5.69 Å². The molecule has 1 amide bonds. The second-order valence-corrected chi connectivity index (χ2v) is 5.07. The Bertz CT molecular complexity index is 671. The molecular formula is C16H18N4O3. The lowest BCUT2D eigenvalue weighted by molar-refractivity contribution is -0.123. The minimum Gasteiger partial charge on any atom is -0.448 e. The van der Waals surface area contributed by atoms with Crippen molar-refractivity contribution >= 4 is 23.3 Å². The summed E-state index contributed by atoms with van der Waals surface area (Å²) in [5.41, 5.74) is 1.70. The first-order valence-electron chi connectivity index (χ1n) is 7.02. The molecular weight excluding hydrogens is 296 g/mol. The molecule has 0 saturated heterocycles. The van der Waals surface area contributed by atoms with Crippen molar-refractivity contribution in [2.45, 2.75) is 13.0 Å². The van der Waals surface area contributed by atoms with Gasteiger partial charge in [-0.1, -0.05) is 0 Å². The predicted octanol–water partition coefficient (Wildman–Crippen LogP) is 1.73. The molecule has 7 nitrogen and oxygen atoms in total. The van der Waals surface area contributed by atoms with Gasteiger partial charge < -0.3 is 15.0 Å². The number of carbonyl (C=O) groups excluding carboxylic acids is 2. The lowest BCUT2D eigenvalue weighted by Crippen LogP contribution is -2.30. The summed E-state index contributed by atoms with van der Waals surface area (Å²) in [5, 5.41) is 2.69. The van der Waals surface area contributed by atoms with E-state index in [4.69, 9.17) is 4.74 Å². The van der Waals surface area contributed by atoms with Gasteiger partial charge >= 0.3 is 5.97 Å². The van der Waals surface area contributed by atoms with Gasteiger partial charge in [-0.05, 0) is 31.2 Å². The number of carbonyl (C=O) groups is 2. The number of amides is 1. The van der Waals surface area contributed by atoms with Crippen LogP contribution < -0.4 is 10.2 Å². The number of hydrogen-bond donors (Lipinski definition) is 1. The molecule has 0 saturated carbocycles. The SMILES string of the molecule is C[C@H](OC(=O)c1cnccn1)C(=O)Nc1ccc(N(C)C)cc1. The minimum atomic E-state index is -0.946. The molecule has 0 unspecified atom stereocenters. The van der Waals surface area contributed by atoms with Crippen molar-refractivity contribution in [3.8, 4) is 0 Å². The number of ether oxygens (including phenoxy) is 1. The maximum absolute atomic E-state index is 12.1. The van der Waals surface area contributed by atoms with Crippen molar-refractivity contribution in [1.29, 1.82) is 0 Å². The zero-order valence-corrected chi connectivity index (χ0v) is 13.2. The highest BCUT2D eigenvalue weighted by Gasteiger charge is 2.19. The number of hydrogen-bond acceptors (Lipinski definition) is 6. The van der Waals surface area contributed by atoms with Crippen molar-refractivity contribution < 1.29 is 14.3 Å². The van der Waals surface area contributed by atoms with E-state index in [1.165, 1.54) is 25.5 Å². The molecule has 120 valence electrons. The van der Waals surface area contributed by atoms with Crippen molar-refractivity contribution in [1.82, 2.24) is 9.97 Å².